The van der Waals surface area contributed by atoms with E-state index in [0.29, 0.717) is 12.2 Å². The molecule has 4 bridgehead atoms. The van der Waals surface area contributed by atoms with Gasteiger partial charge in [-0.05, 0) is 111 Å². The Morgan fingerprint density at radius 3 is 2.15 bits per heavy atom. The van der Waals surface area contributed by atoms with Crippen LogP contribution in [0.15, 0.2) is 42.5 Å². The largest absolute Gasteiger partial charge is 0.465 e. The molecule has 4 aliphatic rings. The second-order valence-electron chi connectivity index (χ2n) is 10.6. The molecule has 0 saturated heterocycles. The highest BCUT2D eigenvalue weighted by Gasteiger charge is 2.52. The van der Waals surface area contributed by atoms with Gasteiger partial charge in [0.05, 0.1) is 12.2 Å². The van der Waals surface area contributed by atoms with E-state index >= 15 is 0 Å². The van der Waals surface area contributed by atoms with Gasteiger partial charge in [-0.2, -0.15) is 0 Å². The van der Waals surface area contributed by atoms with Gasteiger partial charge in [-0.25, -0.2) is 4.79 Å². The van der Waals surface area contributed by atoms with E-state index in [1.807, 2.05) is 38.1 Å². The van der Waals surface area contributed by atoms with Crippen LogP contribution >= 0.6 is 0 Å². The minimum atomic E-state index is -0.279. The number of carbonyl (C=O) groups excluding carboxylic acids is 1. The van der Waals surface area contributed by atoms with Crippen molar-refractivity contribution in [2.24, 2.45) is 17.8 Å². The molecule has 2 aromatic rings. The highest BCUT2D eigenvalue weighted by atomic mass is 16.7. The van der Waals surface area contributed by atoms with Crippen LogP contribution in [-0.4, -0.2) is 26.0 Å². The minimum Gasteiger partial charge on any atom is -0.465 e. The molecule has 1 unspecified atom stereocenters. The third kappa shape index (κ3) is 4.65. The molecule has 0 radical (unpaired) electrons. The summed E-state index contributed by atoms with van der Waals surface area (Å²) in [6.07, 6.45) is 12.1. The van der Waals surface area contributed by atoms with E-state index in [1.54, 1.807) is 7.11 Å². The Kier molecular flexibility index (Phi) is 6.52. The van der Waals surface area contributed by atoms with Crippen LogP contribution in [0.3, 0.4) is 0 Å². The van der Waals surface area contributed by atoms with Crippen LogP contribution in [0.1, 0.15) is 79.4 Å². The molecule has 0 amide bonds. The summed E-state index contributed by atoms with van der Waals surface area (Å²) in [7, 11) is 1.69. The van der Waals surface area contributed by atoms with Crippen LogP contribution in [0.25, 0.3) is 12.2 Å². The van der Waals surface area contributed by atoms with Gasteiger partial charge < -0.3 is 14.2 Å². The highest BCUT2D eigenvalue weighted by molar-refractivity contribution is 5.89. The maximum Gasteiger partial charge on any atom is 0.338 e. The van der Waals surface area contributed by atoms with Crippen molar-refractivity contribution in [2.75, 3.05) is 13.7 Å². The van der Waals surface area contributed by atoms with E-state index in [0.717, 1.165) is 29.1 Å². The molecule has 4 aliphatic carbocycles. The first-order chi connectivity index (χ1) is 16.5. The number of ether oxygens (including phenoxy) is 3. The molecule has 34 heavy (non-hydrogen) atoms. The highest BCUT2D eigenvalue weighted by Crippen LogP contribution is 2.62. The molecule has 4 nitrogen and oxygen atoms in total. The third-order valence-electron chi connectivity index (χ3n) is 8.13. The van der Waals surface area contributed by atoms with Crippen LogP contribution in [0.5, 0.6) is 5.75 Å². The Hall–Kier alpha value is -2.59. The van der Waals surface area contributed by atoms with Crippen molar-refractivity contribution in [1.82, 2.24) is 0 Å². The third-order valence-corrected chi connectivity index (χ3v) is 8.13. The van der Waals surface area contributed by atoms with E-state index in [4.69, 9.17) is 14.2 Å². The van der Waals surface area contributed by atoms with Crippen LogP contribution in [0, 0.1) is 17.8 Å². The fourth-order valence-corrected chi connectivity index (χ4v) is 6.97. The number of rotatable bonds is 8. The lowest BCUT2D eigenvalue weighted by atomic mass is 9.48. The molecule has 4 saturated carbocycles. The van der Waals surface area contributed by atoms with Crippen LogP contribution in [0.2, 0.25) is 0 Å². The predicted octanol–water partition coefficient (Wildman–Crippen LogP) is 6.87. The van der Waals surface area contributed by atoms with Crippen molar-refractivity contribution in [2.45, 2.75) is 64.1 Å². The SMILES string of the molecule is CCOC(=O)c1ccc(C=Cc2ccc(OC(C)OC)c(C34CC5CC(CC(C5)C3)C4)c2)cc1. The van der Waals surface area contributed by atoms with Crippen molar-refractivity contribution in [3.8, 4) is 5.75 Å². The summed E-state index contributed by atoms with van der Waals surface area (Å²) >= 11 is 0. The Morgan fingerprint density at radius 1 is 0.971 bits per heavy atom. The molecule has 1 atom stereocenters. The minimum absolute atomic E-state index is 0.239. The lowest BCUT2D eigenvalue weighted by Crippen LogP contribution is -2.48. The molecule has 0 spiro atoms. The van der Waals surface area contributed by atoms with Gasteiger partial charge in [-0.1, -0.05) is 30.4 Å². The first-order valence-corrected chi connectivity index (χ1v) is 12.8. The molecule has 0 aromatic heterocycles. The summed E-state index contributed by atoms with van der Waals surface area (Å²) in [6.45, 7) is 4.16. The van der Waals surface area contributed by atoms with E-state index in [-0.39, 0.29) is 17.7 Å². The number of methoxy groups -OCH3 is 1. The first-order valence-electron chi connectivity index (χ1n) is 12.8. The van der Waals surface area contributed by atoms with Crippen LogP contribution in [0.4, 0.5) is 0 Å². The summed E-state index contributed by atoms with van der Waals surface area (Å²) in [5.41, 5.74) is 4.42. The van der Waals surface area contributed by atoms with Gasteiger partial charge in [0.25, 0.3) is 0 Å². The lowest BCUT2D eigenvalue weighted by Gasteiger charge is -2.57. The summed E-state index contributed by atoms with van der Waals surface area (Å²) in [4.78, 5) is 11.9. The average Bonchev–Trinajstić information content (AvgIpc) is 2.83. The van der Waals surface area contributed by atoms with Gasteiger partial charge >= 0.3 is 5.97 Å². The monoisotopic (exact) mass is 460 g/mol. The molecule has 6 rings (SSSR count). The zero-order chi connectivity index (χ0) is 23.7. The number of esters is 1. The normalized spacial score (nSPS) is 28.3. The lowest BCUT2D eigenvalue weighted by molar-refractivity contribution is -0.0436. The van der Waals surface area contributed by atoms with Crippen molar-refractivity contribution >= 4 is 18.1 Å². The molecule has 2 aromatic carbocycles. The molecule has 180 valence electrons. The topological polar surface area (TPSA) is 44.8 Å². The van der Waals surface area contributed by atoms with Gasteiger partial charge in [0.2, 0.25) is 0 Å². The Morgan fingerprint density at radius 2 is 1.56 bits per heavy atom. The Labute approximate surface area is 203 Å². The zero-order valence-electron chi connectivity index (χ0n) is 20.6. The maximum absolute atomic E-state index is 11.9. The second kappa shape index (κ2) is 9.58. The van der Waals surface area contributed by atoms with Crippen LogP contribution in [-0.2, 0) is 14.9 Å². The fraction of sp³-hybridized carbons (Fsp3) is 0.500. The summed E-state index contributed by atoms with van der Waals surface area (Å²) < 4.78 is 16.8. The summed E-state index contributed by atoms with van der Waals surface area (Å²) in [5.74, 6) is 3.31. The van der Waals surface area contributed by atoms with Crippen LogP contribution < -0.4 is 4.74 Å². The standard InChI is InChI=1S/C30H36O4/c1-4-33-29(31)26-10-7-21(8-11-26)5-6-22-9-12-28(34-20(2)32-3)27(16-22)30-17-23-13-24(18-30)15-25(14-23)19-30/h5-12,16,20,23-25H,4,13-15,17-19H2,1-3H3. The van der Waals surface area contributed by atoms with Gasteiger partial charge in [0, 0.05) is 12.7 Å². The van der Waals surface area contributed by atoms with Crippen molar-refractivity contribution in [3.63, 3.8) is 0 Å². The van der Waals surface area contributed by atoms with E-state index in [9.17, 15) is 4.79 Å². The Balaban J connectivity index is 1.42. The first kappa shape index (κ1) is 23.2. The molecule has 0 aliphatic heterocycles. The molecule has 0 heterocycles. The molecule has 4 heteroatoms. The average molecular weight is 461 g/mol. The Bertz CT molecular complexity index is 1020. The van der Waals surface area contributed by atoms with Gasteiger partial charge in [-0.15, -0.1) is 0 Å². The quantitative estimate of drug-likeness (QED) is 0.245. The fourth-order valence-electron chi connectivity index (χ4n) is 6.97. The molecule has 0 N–H and O–H groups in total. The second-order valence-corrected chi connectivity index (χ2v) is 10.6. The maximum atomic E-state index is 11.9. The van der Waals surface area contributed by atoms with E-state index in [1.165, 1.54) is 49.7 Å². The van der Waals surface area contributed by atoms with Gasteiger partial charge in [-0.3, -0.25) is 0 Å². The van der Waals surface area contributed by atoms with E-state index in [2.05, 4.69) is 30.4 Å². The van der Waals surface area contributed by atoms with Crippen molar-refractivity contribution in [1.29, 1.82) is 0 Å². The molecular weight excluding hydrogens is 424 g/mol. The number of carbonyl (C=O) groups is 1. The zero-order valence-corrected chi connectivity index (χ0v) is 20.6. The van der Waals surface area contributed by atoms with Gasteiger partial charge in [0.1, 0.15) is 5.75 Å². The van der Waals surface area contributed by atoms with Crippen molar-refractivity contribution in [3.05, 3.63) is 64.7 Å². The molecule has 4 fully saturated rings. The summed E-state index contributed by atoms with van der Waals surface area (Å²) in [6, 6.07) is 14.2. The van der Waals surface area contributed by atoms with Crippen molar-refractivity contribution < 1.29 is 19.0 Å². The number of hydrogen-bond acceptors (Lipinski definition) is 4. The summed E-state index contributed by atoms with van der Waals surface area (Å²) in [5, 5.41) is 0. The predicted molar refractivity (Wildman–Crippen MR) is 135 cm³/mol. The van der Waals surface area contributed by atoms with Gasteiger partial charge in [0.15, 0.2) is 6.29 Å². The molecular formula is C30H36O4. The van der Waals surface area contributed by atoms with E-state index < -0.39 is 0 Å². The number of benzene rings is 2. The number of hydrogen-bond donors (Lipinski definition) is 0. The smallest absolute Gasteiger partial charge is 0.338 e.